The van der Waals surface area contributed by atoms with Gasteiger partial charge in [0.25, 0.3) is 0 Å². The van der Waals surface area contributed by atoms with Crippen LogP contribution < -0.4 is 4.74 Å². The summed E-state index contributed by atoms with van der Waals surface area (Å²) >= 11 is 0. The van der Waals surface area contributed by atoms with E-state index in [2.05, 4.69) is 0 Å². The molecule has 0 aromatic heterocycles. The first-order chi connectivity index (χ1) is 12.1. The summed E-state index contributed by atoms with van der Waals surface area (Å²) in [5.74, 6) is -2.89. The van der Waals surface area contributed by atoms with Gasteiger partial charge in [0.05, 0.1) is 11.6 Å². The Kier molecular flexibility index (Phi) is 6.61. The van der Waals surface area contributed by atoms with E-state index in [1.807, 2.05) is 6.07 Å². The smallest absolute Gasteiger partial charge is 0.349 e. The van der Waals surface area contributed by atoms with Crippen LogP contribution in [0.2, 0.25) is 0 Å². The standard InChI is InChI=1S/C19H17F2NO3/c1-24-11-3-2-4-14-7-10-16(20)17(18(14)21)19(23)25-15-8-5-13(12-22)6-9-15/h5-10H,2-4,11H2,1H3. The number of aryl methyl sites for hydroxylation is 1. The van der Waals surface area contributed by atoms with Crippen LogP contribution >= 0.6 is 0 Å². The Morgan fingerprint density at radius 3 is 2.48 bits per heavy atom. The minimum Gasteiger partial charge on any atom is -0.423 e. The molecule has 0 heterocycles. The maximum atomic E-state index is 14.5. The summed E-state index contributed by atoms with van der Waals surface area (Å²) in [6, 6.07) is 9.98. The van der Waals surface area contributed by atoms with E-state index in [0.29, 0.717) is 25.0 Å². The summed E-state index contributed by atoms with van der Waals surface area (Å²) in [6.07, 6.45) is 1.76. The number of halogens is 2. The van der Waals surface area contributed by atoms with E-state index >= 15 is 0 Å². The molecule has 2 aromatic carbocycles. The molecule has 6 heteroatoms. The van der Waals surface area contributed by atoms with Crippen molar-refractivity contribution >= 4 is 5.97 Å². The van der Waals surface area contributed by atoms with Crippen molar-refractivity contribution in [2.24, 2.45) is 0 Å². The molecular formula is C19H17F2NO3. The lowest BCUT2D eigenvalue weighted by atomic mass is 10.0. The van der Waals surface area contributed by atoms with Gasteiger partial charge in [-0.05, 0) is 55.2 Å². The second-order valence-electron chi connectivity index (χ2n) is 5.37. The van der Waals surface area contributed by atoms with Crippen LogP contribution in [0.15, 0.2) is 36.4 Å². The summed E-state index contributed by atoms with van der Waals surface area (Å²) in [4.78, 5) is 12.2. The zero-order valence-corrected chi connectivity index (χ0v) is 13.7. The second kappa shape index (κ2) is 8.90. The first-order valence-electron chi connectivity index (χ1n) is 7.75. The summed E-state index contributed by atoms with van der Waals surface area (Å²) in [5.41, 5.74) is -0.0758. The molecule has 0 unspecified atom stereocenters. The third-order valence-corrected chi connectivity index (χ3v) is 3.61. The molecule has 0 fully saturated rings. The van der Waals surface area contributed by atoms with Crippen LogP contribution in [0.4, 0.5) is 8.78 Å². The van der Waals surface area contributed by atoms with Crippen molar-refractivity contribution in [1.82, 2.24) is 0 Å². The summed E-state index contributed by atoms with van der Waals surface area (Å²) in [5, 5.41) is 8.73. The number of carbonyl (C=O) groups excluding carboxylic acids is 1. The average Bonchev–Trinajstić information content (AvgIpc) is 2.61. The van der Waals surface area contributed by atoms with Gasteiger partial charge in [0, 0.05) is 13.7 Å². The zero-order valence-electron chi connectivity index (χ0n) is 13.7. The Hall–Kier alpha value is -2.78. The molecule has 25 heavy (non-hydrogen) atoms. The number of benzene rings is 2. The Morgan fingerprint density at radius 1 is 1.12 bits per heavy atom. The number of ether oxygens (including phenoxy) is 2. The van der Waals surface area contributed by atoms with Crippen molar-refractivity contribution in [3.05, 3.63) is 64.7 Å². The highest BCUT2D eigenvalue weighted by atomic mass is 19.1. The lowest BCUT2D eigenvalue weighted by Gasteiger charge is -2.10. The van der Waals surface area contributed by atoms with Crippen LogP contribution in [0.25, 0.3) is 0 Å². The number of carbonyl (C=O) groups is 1. The summed E-state index contributed by atoms with van der Waals surface area (Å²) in [6.45, 7) is 0.552. The van der Waals surface area contributed by atoms with E-state index in [4.69, 9.17) is 14.7 Å². The Bertz CT molecular complexity index is 782. The number of unbranched alkanes of at least 4 members (excludes halogenated alkanes) is 1. The molecule has 0 atom stereocenters. The Balaban J connectivity index is 2.15. The molecule has 0 saturated heterocycles. The van der Waals surface area contributed by atoms with Crippen LogP contribution in [0.5, 0.6) is 5.75 Å². The maximum Gasteiger partial charge on any atom is 0.349 e. The largest absolute Gasteiger partial charge is 0.423 e. The molecule has 0 radical (unpaired) electrons. The lowest BCUT2D eigenvalue weighted by molar-refractivity contribution is 0.0724. The maximum absolute atomic E-state index is 14.5. The zero-order chi connectivity index (χ0) is 18.2. The van der Waals surface area contributed by atoms with Crippen molar-refractivity contribution < 1.29 is 23.0 Å². The van der Waals surface area contributed by atoms with Crippen molar-refractivity contribution in [2.45, 2.75) is 19.3 Å². The highest BCUT2D eigenvalue weighted by Gasteiger charge is 2.22. The minimum absolute atomic E-state index is 0.105. The van der Waals surface area contributed by atoms with Crippen LogP contribution in [0.3, 0.4) is 0 Å². The van der Waals surface area contributed by atoms with E-state index in [0.717, 1.165) is 12.5 Å². The monoisotopic (exact) mass is 345 g/mol. The van der Waals surface area contributed by atoms with Crippen LogP contribution in [-0.4, -0.2) is 19.7 Å². The molecule has 0 spiro atoms. The van der Waals surface area contributed by atoms with Gasteiger partial charge in [-0.2, -0.15) is 5.26 Å². The number of hydrogen-bond donors (Lipinski definition) is 0. The second-order valence-corrected chi connectivity index (χ2v) is 5.37. The predicted molar refractivity (Wildman–Crippen MR) is 87.3 cm³/mol. The third-order valence-electron chi connectivity index (χ3n) is 3.61. The highest BCUT2D eigenvalue weighted by molar-refractivity contribution is 5.92. The molecule has 0 aliphatic heterocycles. The third kappa shape index (κ3) is 4.85. The van der Waals surface area contributed by atoms with Gasteiger partial charge in [0.1, 0.15) is 22.9 Å². The Labute approximate surface area is 144 Å². The minimum atomic E-state index is -1.11. The van der Waals surface area contributed by atoms with Crippen molar-refractivity contribution in [2.75, 3.05) is 13.7 Å². The molecule has 0 bridgehead atoms. The molecule has 0 aliphatic carbocycles. The molecule has 0 N–H and O–H groups in total. The molecule has 0 amide bonds. The molecule has 2 rings (SSSR count). The topological polar surface area (TPSA) is 59.3 Å². The van der Waals surface area contributed by atoms with E-state index in [-0.39, 0.29) is 11.3 Å². The highest BCUT2D eigenvalue weighted by Crippen LogP contribution is 2.21. The number of rotatable bonds is 7. The first kappa shape index (κ1) is 18.6. The normalized spacial score (nSPS) is 10.3. The van der Waals surface area contributed by atoms with Gasteiger partial charge in [0.15, 0.2) is 0 Å². The van der Waals surface area contributed by atoms with E-state index in [9.17, 15) is 13.6 Å². The number of nitrogens with zero attached hydrogens (tertiary/aromatic N) is 1. The molecule has 0 aliphatic rings. The molecular weight excluding hydrogens is 328 g/mol. The quantitative estimate of drug-likeness (QED) is 0.432. The van der Waals surface area contributed by atoms with E-state index in [1.165, 1.54) is 30.3 Å². The lowest BCUT2D eigenvalue weighted by Crippen LogP contribution is -2.14. The molecule has 2 aromatic rings. The number of methoxy groups -OCH3 is 1. The van der Waals surface area contributed by atoms with Gasteiger partial charge in [-0.25, -0.2) is 13.6 Å². The van der Waals surface area contributed by atoms with Gasteiger partial charge >= 0.3 is 5.97 Å². The fraction of sp³-hybridized carbons (Fsp3) is 0.263. The molecule has 4 nitrogen and oxygen atoms in total. The molecule has 130 valence electrons. The van der Waals surface area contributed by atoms with Gasteiger partial charge in [0.2, 0.25) is 0 Å². The number of nitriles is 1. The fourth-order valence-electron chi connectivity index (χ4n) is 2.29. The van der Waals surface area contributed by atoms with E-state index in [1.54, 1.807) is 7.11 Å². The van der Waals surface area contributed by atoms with Gasteiger partial charge in [-0.1, -0.05) is 6.07 Å². The van der Waals surface area contributed by atoms with Crippen molar-refractivity contribution in [1.29, 1.82) is 5.26 Å². The van der Waals surface area contributed by atoms with Gasteiger partial charge in [-0.15, -0.1) is 0 Å². The number of esters is 1. The summed E-state index contributed by atoms with van der Waals surface area (Å²) in [7, 11) is 1.58. The van der Waals surface area contributed by atoms with Crippen LogP contribution in [0, 0.1) is 23.0 Å². The average molecular weight is 345 g/mol. The van der Waals surface area contributed by atoms with Crippen LogP contribution in [-0.2, 0) is 11.2 Å². The Morgan fingerprint density at radius 2 is 1.84 bits per heavy atom. The van der Waals surface area contributed by atoms with Crippen LogP contribution in [0.1, 0.15) is 34.3 Å². The fourth-order valence-corrected chi connectivity index (χ4v) is 2.29. The number of hydrogen-bond acceptors (Lipinski definition) is 4. The van der Waals surface area contributed by atoms with Crippen molar-refractivity contribution in [3.63, 3.8) is 0 Å². The van der Waals surface area contributed by atoms with Crippen molar-refractivity contribution in [3.8, 4) is 11.8 Å². The first-order valence-corrected chi connectivity index (χ1v) is 7.75. The predicted octanol–water partition coefficient (Wildman–Crippen LogP) is 4.02. The SMILES string of the molecule is COCCCCc1ccc(F)c(C(=O)Oc2ccc(C#N)cc2)c1F. The molecule has 0 saturated carbocycles. The summed E-state index contributed by atoms with van der Waals surface area (Å²) < 4.78 is 38.4. The van der Waals surface area contributed by atoms with Gasteiger partial charge < -0.3 is 9.47 Å². The van der Waals surface area contributed by atoms with Gasteiger partial charge in [-0.3, -0.25) is 0 Å². The van der Waals surface area contributed by atoms with E-state index < -0.39 is 23.2 Å².